The van der Waals surface area contributed by atoms with Gasteiger partial charge in [0.15, 0.2) is 0 Å². The lowest BCUT2D eigenvalue weighted by atomic mass is 10.0. The average Bonchev–Trinajstić information content (AvgIpc) is 2.87. The van der Waals surface area contributed by atoms with Crippen molar-refractivity contribution in [1.29, 1.82) is 0 Å². The molecule has 0 spiro atoms. The van der Waals surface area contributed by atoms with Crippen LogP contribution in [0.2, 0.25) is 0 Å². The van der Waals surface area contributed by atoms with Crippen molar-refractivity contribution < 1.29 is 14.0 Å². The molecule has 0 aliphatic carbocycles. The molecule has 1 saturated heterocycles. The highest BCUT2D eigenvalue weighted by molar-refractivity contribution is 5.98. The van der Waals surface area contributed by atoms with E-state index in [0.29, 0.717) is 29.9 Å². The molecule has 1 aliphatic rings. The largest absolute Gasteiger partial charge is 0.351 e. The standard InChI is InChI=1S/C17H18FN5O2/c1-22-15(10-21-17(22)25)7-11-5-12(18)8-14(6-11)23(16(19)24)13-3-2-4-20-9-13/h2-6,8-9,15H,7,10H2,1H3,(H2,19,24)(H,21,25). The number of halogens is 1. The van der Waals surface area contributed by atoms with Crippen molar-refractivity contribution in [2.45, 2.75) is 12.5 Å². The number of likely N-dealkylation sites (N-methyl/N-ethyl adjacent to an activating group) is 1. The van der Waals surface area contributed by atoms with E-state index >= 15 is 0 Å². The van der Waals surface area contributed by atoms with Crippen molar-refractivity contribution >= 4 is 23.4 Å². The molecule has 1 aromatic carbocycles. The molecule has 1 atom stereocenters. The van der Waals surface area contributed by atoms with Crippen molar-refractivity contribution in [3.63, 3.8) is 0 Å². The Hall–Kier alpha value is -3.16. The molecule has 2 aromatic rings. The van der Waals surface area contributed by atoms with E-state index < -0.39 is 11.8 Å². The van der Waals surface area contributed by atoms with E-state index in [-0.39, 0.29) is 12.1 Å². The van der Waals surface area contributed by atoms with Crippen LogP contribution in [0.5, 0.6) is 0 Å². The molecule has 1 aliphatic heterocycles. The minimum Gasteiger partial charge on any atom is -0.351 e. The summed E-state index contributed by atoms with van der Waals surface area (Å²) in [5, 5.41) is 2.74. The molecule has 1 unspecified atom stereocenters. The molecular formula is C17H18FN5O2. The number of hydrogen-bond acceptors (Lipinski definition) is 3. The van der Waals surface area contributed by atoms with Gasteiger partial charge >= 0.3 is 12.1 Å². The Kier molecular flexibility index (Phi) is 4.51. The van der Waals surface area contributed by atoms with E-state index in [9.17, 15) is 14.0 Å². The maximum Gasteiger partial charge on any atom is 0.323 e. The van der Waals surface area contributed by atoms with Gasteiger partial charge in [0.05, 0.1) is 23.6 Å². The van der Waals surface area contributed by atoms with E-state index in [1.807, 2.05) is 0 Å². The number of benzene rings is 1. The first-order valence-corrected chi connectivity index (χ1v) is 7.75. The summed E-state index contributed by atoms with van der Waals surface area (Å²) in [5.41, 5.74) is 6.90. The second kappa shape index (κ2) is 6.76. The van der Waals surface area contributed by atoms with Crippen molar-refractivity contribution in [3.8, 4) is 0 Å². The Morgan fingerprint density at radius 3 is 2.84 bits per heavy atom. The van der Waals surface area contributed by atoms with Crippen molar-refractivity contribution in [2.75, 3.05) is 18.5 Å². The normalized spacial score (nSPS) is 16.6. The van der Waals surface area contributed by atoms with Crippen molar-refractivity contribution in [1.82, 2.24) is 15.2 Å². The molecule has 0 radical (unpaired) electrons. The molecule has 130 valence electrons. The Labute approximate surface area is 144 Å². The van der Waals surface area contributed by atoms with Crippen LogP contribution in [-0.2, 0) is 6.42 Å². The van der Waals surface area contributed by atoms with Gasteiger partial charge in [-0.25, -0.2) is 14.0 Å². The topological polar surface area (TPSA) is 91.6 Å². The van der Waals surface area contributed by atoms with Crippen LogP contribution in [0, 0.1) is 5.82 Å². The Morgan fingerprint density at radius 1 is 1.44 bits per heavy atom. The van der Waals surface area contributed by atoms with Gasteiger partial charge in [-0.15, -0.1) is 0 Å². The molecule has 4 amide bonds. The predicted molar refractivity (Wildman–Crippen MR) is 91.0 cm³/mol. The first-order chi connectivity index (χ1) is 12.0. The zero-order chi connectivity index (χ0) is 18.0. The van der Waals surface area contributed by atoms with Crippen LogP contribution in [0.25, 0.3) is 0 Å². The van der Waals surface area contributed by atoms with Gasteiger partial charge in [-0.1, -0.05) is 0 Å². The summed E-state index contributed by atoms with van der Waals surface area (Å²) in [7, 11) is 1.69. The number of anilines is 2. The van der Waals surface area contributed by atoms with E-state index in [4.69, 9.17) is 5.73 Å². The molecule has 25 heavy (non-hydrogen) atoms. The molecule has 7 nitrogen and oxygen atoms in total. The summed E-state index contributed by atoms with van der Waals surface area (Å²) in [4.78, 5) is 30.2. The quantitative estimate of drug-likeness (QED) is 0.889. The highest BCUT2D eigenvalue weighted by atomic mass is 19.1. The van der Waals surface area contributed by atoms with Gasteiger partial charge in [-0.2, -0.15) is 0 Å². The van der Waals surface area contributed by atoms with Gasteiger partial charge in [0.25, 0.3) is 0 Å². The van der Waals surface area contributed by atoms with Crippen LogP contribution in [0.1, 0.15) is 5.56 Å². The van der Waals surface area contributed by atoms with Crippen LogP contribution < -0.4 is 16.0 Å². The Balaban J connectivity index is 1.92. The summed E-state index contributed by atoms with van der Waals surface area (Å²) in [6.45, 7) is 0.489. The second-order valence-corrected chi connectivity index (χ2v) is 5.86. The zero-order valence-electron chi connectivity index (χ0n) is 13.6. The van der Waals surface area contributed by atoms with E-state index in [1.165, 1.54) is 23.2 Å². The smallest absolute Gasteiger partial charge is 0.323 e. The summed E-state index contributed by atoms with van der Waals surface area (Å²) in [6.07, 6.45) is 3.50. The lowest BCUT2D eigenvalue weighted by Crippen LogP contribution is -2.32. The van der Waals surface area contributed by atoms with Crippen LogP contribution >= 0.6 is 0 Å². The minimum absolute atomic E-state index is 0.0810. The lowest BCUT2D eigenvalue weighted by molar-refractivity contribution is 0.216. The first-order valence-electron chi connectivity index (χ1n) is 7.75. The van der Waals surface area contributed by atoms with Crippen LogP contribution in [0.15, 0.2) is 42.7 Å². The number of nitrogens with two attached hydrogens (primary N) is 1. The maximum atomic E-state index is 14.1. The minimum atomic E-state index is -0.737. The number of urea groups is 2. The van der Waals surface area contributed by atoms with E-state index in [0.717, 1.165) is 0 Å². The summed E-state index contributed by atoms with van der Waals surface area (Å²) in [5.74, 6) is -0.484. The molecular weight excluding hydrogens is 325 g/mol. The third-order valence-corrected chi connectivity index (χ3v) is 4.15. The first kappa shape index (κ1) is 16.7. The van der Waals surface area contributed by atoms with E-state index in [1.54, 1.807) is 36.3 Å². The van der Waals surface area contributed by atoms with Gasteiger partial charge in [0.1, 0.15) is 5.82 Å². The van der Waals surface area contributed by atoms with Gasteiger partial charge < -0.3 is 16.0 Å². The fourth-order valence-corrected chi connectivity index (χ4v) is 2.88. The van der Waals surface area contributed by atoms with Gasteiger partial charge in [0.2, 0.25) is 0 Å². The van der Waals surface area contributed by atoms with Gasteiger partial charge in [-0.05, 0) is 42.3 Å². The number of nitrogens with one attached hydrogen (secondary N) is 1. The third kappa shape index (κ3) is 3.52. The molecule has 3 N–H and O–H groups in total. The number of rotatable bonds is 4. The van der Waals surface area contributed by atoms with Gasteiger partial charge in [-0.3, -0.25) is 9.88 Å². The molecule has 3 rings (SSSR count). The summed E-state index contributed by atoms with van der Waals surface area (Å²) in [6, 6.07) is 6.67. The SMILES string of the molecule is CN1C(=O)NCC1Cc1cc(F)cc(N(C(N)=O)c2cccnc2)c1. The second-order valence-electron chi connectivity index (χ2n) is 5.86. The summed E-state index contributed by atoms with van der Waals surface area (Å²) >= 11 is 0. The number of nitrogens with zero attached hydrogens (tertiary/aromatic N) is 3. The zero-order valence-corrected chi connectivity index (χ0v) is 13.6. The third-order valence-electron chi connectivity index (χ3n) is 4.15. The highest BCUT2D eigenvalue weighted by Gasteiger charge is 2.27. The Morgan fingerprint density at radius 2 is 2.24 bits per heavy atom. The Bertz CT molecular complexity index is 799. The molecule has 0 saturated carbocycles. The molecule has 1 fully saturated rings. The fourth-order valence-electron chi connectivity index (χ4n) is 2.88. The monoisotopic (exact) mass is 343 g/mol. The molecule has 0 bridgehead atoms. The average molecular weight is 343 g/mol. The molecule has 8 heteroatoms. The van der Waals surface area contributed by atoms with Crippen molar-refractivity contribution in [3.05, 3.63) is 54.1 Å². The molecule has 1 aromatic heterocycles. The van der Waals surface area contributed by atoms with E-state index in [2.05, 4.69) is 10.3 Å². The van der Waals surface area contributed by atoms with Crippen LogP contribution in [0.3, 0.4) is 0 Å². The number of primary amides is 1. The van der Waals surface area contributed by atoms with Gasteiger partial charge in [0, 0.05) is 19.8 Å². The number of amides is 4. The fraction of sp³-hybridized carbons (Fsp3) is 0.235. The number of pyridine rings is 1. The number of carbonyl (C=O) groups is 2. The predicted octanol–water partition coefficient (Wildman–Crippen LogP) is 2.00. The lowest BCUT2D eigenvalue weighted by Gasteiger charge is -2.22. The van der Waals surface area contributed by atoms with Crippen LogP contribution in [0.4, 0.5) is 25.4 Å². The number of carbonyl (C=O) groups excluding carboxylic acids is 2. The van der Waals surface area contributed by atoms with Crippen molar-refractivity contribution in [2.24, 2.45) is 5.73 Å². The molecule has 2 heterocycles. The highest BCUT2D eigenvalue weighted by Crippen LogP contribution is 2.27. The summed E-state index contributed by atoms with van der Waals surface area (Å²) < 4.78 is 14.1. The van der Waals surface area contributed by atoms with Crippen LogP contribution in [-0.4, -0.2) is 41.6 Å². The maximum absolute atomic E-state index is 14.1. The number of aromatic nitrogens is 1. The number of hydrogen-bond donors (Lipinski definition) is 2.